The van der Waals surface area contributed by atoms with Crippen molar-refractivity contribution in [1.82, 2.24) is 9.97 Å². The molecule has 0 atom stereocenters. The Morgan fingerprint density at radius 1 is 1.40 bits per heavy atom. The second-order valence-corrected chi connectivity index (χ2v) is 4.05. The second-order valence-electron chi connectivity index (χ2n) is 3.66. The summed E-state index contributed by atoms with van der Waals surface area (Å²) in [5.41, 5.74) is 8.57. The summed E-state index contributed by atoms with van der Waals surface area (Å²) < 4.78 is 0. The van der Waals surface area contributed by atoms with Crippen LogP contribution < -0.4 is 11.2 Å². The molecule has 20 heavy (non-hydrogen) atoms. The van der Waals surface area contributed by atoms with Crippen LogP contribution in [0.1, 0.15) is 5.56 Å². The van der Waals surface area contributed by atoms with Crippen molar-refractivity contribution in [3.05, 3.63) is 51.2 Å². The van der Waals surface area contributed by atoms with Crippen molar-refractivity contribution in [1.29, 1.82) is 0 Å². The summed E-state index contributed by atoms with van der Waals surface area (Å²) in [5, 5.41) is 14.7. The molecule has 1 aromatic carbocycles. The molecule has 1 aromatic heterocycles. The maximum atomic E-state index is 10.6. The third kappa shape index (κ3) is 3.62. The fourth-order valence-corrected chi connectivity index (χ4v) is 1.56. The molecule has 2 aromatic rings. The zero-order valence-corrected chi connectivity index (χ0v) is 10.8. The zero-order valence-electron chi connectivity index (χ0n) is 10.0. The first-order valence-electron chi connectivity index (χ1n) is 5.38. The number of benzene rings is 1. The number of aromatic nitrogens is 2. The lowest BCUT2D eigenvalue weighted by molar-refractivity contribution is -0.384. The highest BCUT2D eigenvalue weighted by atomic mass is 35.5. The van der Waals surface area contributed by atoms with Gasteiger partial charge in [-0.2, -0.15) is 15.1 Å². The van der Waals surface area contributed by atoms with Crippen molar-refractivity contribution in [3.8, 4) is 0 Å². The number of hydrogen-bond donors (Lipinski definition) is 2. The minimum absolute atomic E-state index is 0.0165. The zero-order chi connectivity index (χ0) is 14.5. The molecule has 0 aliphatic heterocycles. The number of nitrogen functional groups attached to an aromatic ring is 1. The Morgan fingerprint density at radius 3 is 2.90 bits per heavy atom. The van der Waals surface area contributed by atoms with E-state index in [1.807, 2.05) is 0 Å². The van der Waals surface area contributed by atoms with Gasteiger partial charge in [-0.1, -0.05) is 23.7 Å². The van der Waals surface area contributed by atoms with Crippen molar-refractivity contribution >= 4 is 35.3 Å². The molecule has 9 heteroatoms. The minimum Gasteiger partial charge on any atom is -0.383 e. The van der Waals surface area contributed by atoms with Gasteiger partial charge in [-0.25, -0.2) is 5.43 Å². The number of non-ortho nitro benzene ring substituents is 1. The van der Waals surface area contributed by atoms with Gasteiger partial charge in [0.15, 0.2) is 0 Å². The third-order valence-electron chi connectivity index (χ3n) is 2.17. The van der Waals surface area contributed by atoms with Gasteiger partial charge >= 0.3 is 0 Å². The van der Waals surface area contributed by atoms with Gasteiger partial charge in [-0.3, -0.25) is 10.1 Å². The summed E-state index contributed by atoms with van der Waals surface area (Å²) in [6.45, 7) is 0. The highest BCUT2D eigenvalue weighted by Gasteiger charge is 2.04. The third-order valence-corrected chi connectivity index (χ3v) is 2.37. The van der Waals surface area contributed by atoms with Gasteiger partial charge in [0.2, 0.25) is 5.95 Å². The van der Waals surface area contributed by atoms with Gasteiger partial charge in [0, 0.05) is 23.8 Å². The Labute approximate surface area is 118 Å². The second kappa shape index (κ2) is 5.93. The summed E-state index contributed by atoms with van der Waals surface area (Å²) in [6.07, 6.45) is 1.40. The Kier molecular flexibility index (Phi) is 4.06. The van der Waals surface area contributed by atoms with E-state index < -0.39 is 4.92 Å². The average molecular weight is 293 g/mol. The fourth-order valence-electron chi connectivity index (χ4n) is 1.37. The van der Waals surface area contributed by atoms with Crippen LogP contribution in [0.5, 0.6) is 0 Å². The van der Waals surface area contributed by atoms with Gasteiger partial charge in [-0.05, 0) is 0 Å². The van der Waals surface area contributed by atoms with E-state index in [4.69, 9.17) is 17.3 Å². The van der Waals surface area contributed by atoms with Crippen LogP contribution in [-0.2, 0) is 0 Å². The molecule has 102 valence electrons. The molecule has 0 amide bonds. The van der Waals surface area contributed by atoms with E-state index in [0.717, 1.165) is 0 Å². The fraction of sp³-hybridized carbons (Fsp3) is 0. The van der Waals surface area contributed by atoms with Crippen LogP contribution in [0.25, 0.3) is 0 Å². The average Bonchev–Trinajstić information content (AvgIpc) is 2.38. The summed E-state index contributed by atoms with van der Waals surface area (Å²) in [5.74, 6) is 0.342. The molecule has 0 spiro atoms. The maximum absolute atomic E-state index is 10.6. The number of nitro groups is 1. The smallest absolute Gasteiger partial charge is 0.270 e. The molecule has 0 saturated carbocycles. The van der Waals surface area contributed by atoms with E-state index in [1.165, 1.54) is 24.4 Å². The van der Waals surface area contributed by atoms with Gasteiger partial charge in [0.05, 0.1) is 11.1 Å². The number of nitrogens with one attached hydrogen (secondary N) is 1. The van der Waals surface area contributed by atoms with Gasteiger partial charge < -0.3 is 5.73 Å². The van der Waals surface area contributed by atoms with Crippen LogP contribution >= 0.6 is 11.6 Å². The van der Waals surface area contributed by atoms with Crippen molar-refractivity contribution in [2.45, 2.75) is 0 Å². The number of nitro benzene ring substituents is 1. The van der Waals surface area contributed by atoms with Crippen molar-refractivity contribution in [2.24, 2.45) is 5.10 Å². The number of rotatable bonds is 4. The van der Waals surface area contributed by atoms with Crippen LogP contribution in [0.2, 0.25) is 5.15 Å². The van der Waals surface area contributed by atoms with Crippen molar-refractivity contribution in [2.75, 3.05) is 11.2 Å². The molecule has 0 aliphatic rings. The number of halogens is 1. The van der Waals surface area contributed by atoms with Crippen LogP contribution in [-0.4, -0.2) is 21.1 Å². The SMILES string of the molecule is Nc1cc(Cl)nc(N/N=C\c2cccc([N+](=O)[O-])c2)n1. The van der Waals surface area contributed by atoms with Gasteiger partial charge in [0.25, 0.3) is 5.69 Å². The monoisotopic (exact) mass is 292 g/mol. The first-order chi connectivity index (χ1) is 9.54. The molecule has 0 saturated heterocycles. The van der Waals surface area contributed by atoms with Crippen LogP contribution in [0.15, 0.2) is 35.4 Å². The molecule has 0 unspecified atom stereocenters. The van der Waals surface area contributed by atoms with E-state index in [-0.39, 0.29) is 22.6 Å². The lowest BCUT2D eigenvalue weighted by Gasteiger charge is -2.00. The first-order valence-corrected chi connectivity index (χ1v) is 5.76. The standard InChI is InChI=1S/C11H9ClN6O2/c12-9-5-10(13)16-11(15-9)17-14-6-7-2-1-3-8(4-7)18(19)20/h1-6H,(H3,13,15,16,17)/b14-6-. The Hall–Kier alpha value is -2.74. The number of nitrogens with two attached hydrogens (primary N) is 1. The summed E-state index contributed by atoms with van der Waals surface area (Å²) >= 11 is 5.70. The Bertz CT molecular complexity index is 655. The minimum atomic E-state index is -0.481. The molecule has 0 bridgehead atoms. The number of nitrogens with zero attached hydrogens (tertiary/aromatic N) is 4. The first kappa shape index (κ1) is 13.7. The number of anilines is 2. The number of hydrogen-bond acceptors (Lipinski definition) is 7. The van der Waals surface area contributed by atoms with E-state index >= 15 is 0 Å². The van der Waals surface area contributed by atoms with Crippen molar-refractivity contribution in [3.63, 3.8) is 0 Å². The molecule has 0 fully saturated rings. The van der Waals surface area contributed by atoms with Crippen LogP contribution in [0.4, 0.5) is 17.5 Å². The topological polar surface area (TPSA) is 119 Å². The molecule has 2 rings (SSSR count). The molecular weight excluding hydrogens is 284 g/mol. The largest absolute Gasteiger partial charge is 0.383 e. The lowest BCUT2D eigenvalue weighted by Crippen LogP contribution is -2.00. The van der Waals surface area contributed by atoms with E-state index in [2.05, 4.69) is 20.5 Å². The van der Waals surface area contributed by atoms with Crippen molar-refractivity contribution < 1.29 is 4.92 Å². The maximum Gasteiger partial charge on any atom is 0.270 e. The molecule has 3 N–H and O–H groups in total. The molecule has 0 radical (unpaired) electrons. The Balaban J connectivity index is 2.10. The molecular formula is C11H9ClN6O2. The Morgan fingerprint density at radius 2 is 2.20 bits per heavy atom. The van der Waals surface area contributed by atoms with Crippen LogP contribution in [0, 0.1) is 10.1 Å². The normalized spacial score (nSPS) is 10.7. The molecule has 0 aliphatic carbocycles. The summed E-state index contributed by atoms with van der Waals surface area (Å²) in [6, 6.07) is 7.42. The quantitative estimate of drug-likeness (QED) is 0.385. The van der Waals surface area contributed by atoms with E-state index in [1.54, 1.807) is 12.1 Å². The predicted molar refractivity (Wildman–Crippen MR) is 75.8 cm³/mol. The van der Waals surface area contributed by atoms with Gasteiger partial charge in [0.1, 0.15) is 11.0 Å². The summed E-state index contributed by atoms with van der Waals surface area (Å²) in [7, 11) is 0. The van der Waals surface area contributed by atoms with E-state index in [9.17, 15) is 10.1 Å². The van der Waals surface area contributed by atoms with E-state index in [0.29, 0.717) is 5.56 Å². The van der Waals surface area contributed by atoms with Gasteiger partial charge in [-0.15, -0.1) is 0 Å². The highest BCUT2D eigenvalue weighted by molar-refractivity contribution is 6.29. The molecule has 8 nitrogen and oxygen atoms in total. The predicted octanol–water partition coefficient (Wildman–Crippen LogP) is 2.07. The summed E-state index contributed by atoms with van der Waals surface area (Å²) in [4.78, 5) is 17.9. The lowest BCUT2D eigenvalue weighted by atomic mass is 10.2. The number of hydrazone groups is 1. The molecule has 1 heterocycles. The van der Waals surface area contributed by atoms with Crippen LogP contribution in [0.3, 0.4) is 0 Å². The highest BCUT2D eigenvalue weighted by Crippen LogP contribution is 2.13.